The van der Waals surface area contributed by atoms with E-state index in [1.54, 1.807) is 12.1 Å². The lowest BCUT2D eigenvalue weighted by Gasteiger charge is -2.19. The molecule has 2 amide bonds. The maximum absolute atomic E-state index is 11.9. The topological polar surface area (TPSA) is 90.9 Å². The molecule has 0 bridgehead atoms. The summed E-state index contributed by atoms with van der Waals surface area (Å²) < 4.78 is 4.83. The monoisotopic (exact) mass is 295 g/mol. The summed E-state index contributed by atoms with van der Waals surface area (Å²) in [6.07, 6.45) is 0.203. The van der Waals surface area contributed by atoms with Crippen LogP contribution in [0.15, 0.2) is 24.3 Å². The van der Waals surface area contributed by atoms with E-state index in [1.165, 1.54) is 7.11 Å². The molecule has 0 fully saturated rings. The normalized spacial score (nSPS) is 11.6. The lowest BCUT2D eigenvalue weighted by Crippen LogP contribution is -2.43. The van der Waals surface area contributed by atoms with Gasteiger partial charge in [0.1, 0.15) is 6.04 Å². The fourth-order valence-corrected chi connectivity index (χ4v) is 1.78. The third-order valence-electron chi connectivity index (χ3n) is 2.85. The molecule has 7 heteroatoms. The zero-order chi connectivity index (χ0) is 15.8. The summed E-state index contributed by atoms with van der Waals surface area (Å²) in [5.74, 6) is -1.09. The molecular weight excluding hydrogens is 274 g/mol. The standard InChI is InChI=1S/C14H21N3O4/c1-17(2)12-7-5-4-6-10(12)15-14(20)16-11(13(18)19)8-9-21-3/h4-7,11H,8-9H2,1-3H3,(H,18,19)(H2,15,16,20). The molecule has 0 radical (unpaired) electrons. The maximum Gasteiger partial charge on any atom is 0.326 e. The Bertz CT molecular complexity index is 491. The van der Waals surface area contributed by atoms with Crippen LogP contribution in [-0.2, 0) is 9.53 Å². The van der Waals surface area contributed by atoms with E-state index in [9.17, 15) is 9.59 Å². The number of nitrogens with one attached hydrogen (secondary N) is 2. The summed E-state index contributed by atoms with van der Waals surface area (Å²) >= 11 is 0. The lowest BCUT2D eigenvalue weighted by molar-refractivity contribution is -0.139. The van der Waals surface area contributed by atoms with Gasteiger partial charge in [-0.15, -0.1) is 0 Å². The highest BCUT2D eigenvalue weighted by Crippen LogP contribution is 2.23. The number of urea groups is 1. The molecule has 1 aromatic rings. The van der Waals surface area contributed by atoms with Crippen molar-refractivity contribution in [1.82, 2.24) is 5.32 Å². The van der Waals surface area contributed by atoms with Gasteiger partial charge in [-0.25, -0.2) is 9.59 Å². The number of carbonyl (C=O) groups is 2. The highest BCUT2D eigenvalue weighted by atomic mass is 16.5. The molecule has 1 aromatic carbocycles. The molecular formula is C14H21N3O4. The number of carboxylic acids is 1. The molecule has 0 heterocycles. The lowest BCUT2D eigenvalue weighted by atomic mass is 10.2. The van der Waals surface area contributed by atoms with Gasteiger partial charge in [0, 0.05) is 34.2 Å². The van der Waals surface area contributed by atoms with Crippen molar-refractivity contribution in [3.8, 4) is 0 Å². The molecule has 0 aliphatic carbocycles. The highest BCUT2D eigenvalue weighted by Gasteiger charge is 2.20. The van der Waals surface area contributed by atoms with Crippen molar-refractivity contribution < 1.29 is 19.4 Å². The molecule has 0 saturated carbocycles. The maximum atomic E-state index is 11.9. The van der Waals surface area contributed by atoms with Gasteiger partial charge < -0.3 is 25.4 Å². The Labute approximate surface area is 123 Å². The number of nitrogens with zero attached hydrogens (tertiary/aromatic N) is 1. The highest BCUT2D eigenvalue weighted by molar-refractivity contribution is 5.95. The number of amides is 2. The molecule has 21 heavy (non-hydrogen) atoms. The van der Waals surface area contributed by atoms with Crippen molar-refractivity contribution >= 4 is 23.4 Å². The van der Waals surface area contributed by atoms with Crippen LogP contribution in [0.2, 0.25) is 0 Å². The summed E-state index contributed by atoms with van der Waals surface area (Å²) in [5.41, 5.74) is 1.44. The van der Waals surface area contributed by atoms with E-state index < -0.39 is 18.0 Å². The molecule has 0 aliphatic rings. The Morgan fingerprint density at radius 1 is 1.33 bits per heavy atom. The van der Waals surface area contributed by atoms with Gasteiger partial charge in [-0.3, -0.25) is 0 Å². The van der Waals surface area contributed by atoms with Gasteiger partial charge in [-0.05, 0) is 12.1 Å². The number of hydrogen-bond acceptors (Lipinski definition) is 4. The summed E-state index contributed by atoms with van der Waals surface area (Å²) in [6.45, 7) is 0.255. The average Bonchev–Trinajstić information content (AvgIpc) is 2.43. The van der Waals surface area contributed by atoms with Crippen molar-refractivity contribution in [3.63, 3.8) is 0 Å². The quantitative estimate of drug-likeness (QED) is 0.706. The van der Waals surface area contributed by atoms with Crippen molar-refractivity contribution in [2.24, 2.45) is 0 Å². The largest absolute Gasteiger partial charge is 0.480 e. The van der Waals surface area contributed by atoms with Crippen molar-refractivity contribution in [2.45, 2.75) is 12.5 Å². The number of carbonyl (C=O) groups excluding carboxylic acids is 1. The predicted octanol–water partition coefficient (Wildman–Crippen LogP) is 1.36. The number of hydrogen-bond donors (Lipinski definition) is 3. The minimum atomic E-state index is -1.09. The smallest absolute Gasteiger partial charge is 0.326 e. The van der Waals surface area contributed by atoms with E-state index >= 15 is 0 Å². The molecule has 1 unspecified atom stereocenters. The third kappa shape index (κ3) is 5.31. The molecule has 1 rings (SSSR count). The Morgan fingerprint density at radius 3 is 2.57 bits per heavy atom. The summed E-state index contributed by atoms with van der Waals surface area (Å²) in [7, 11) is 5.19. The Hall–Kier alpha value is -2.28. The van der Waals surface area contributed by atoms with Crippen LogP contribution < -0.4 is 15.5 Å². The zero-order valence-corrected chi connectivity index (χ0v) is 12.4. The number of rotatable bonds is 7. The number of carboxylic acid groups (broad SMARTS) is 1. The molecule has 0 spiro atoms. The molecule has 116 valence electrons. The number of ether oxygens (including phenoxy) is 1. The molecule has 0 aromatic heterocycles. The van der Waals surface area contributed by atoms with Gasteiger partial charge in [0.05, 0.1) is 11.4 Å². The minimum absolute atomic E-state index is 0.203. The van der Waals surface area contributed by atoms with Gasteiger partial charge in [-0.1, -0.05) is 12.1 Å². The number of para-hydroxylation sites is 2. The number of benzene rings is 1. The van der Waals surface area contributed by atoms with Crippen LogP contribution in [0.5, 0.6) is 0 Å². The van der Waals surface area contributed by atoms with E-state index in [1.807, 2.05) is 31.1 Å². The number of aliphatic carboxylic acids is 1. The first-order valence-corrected chi connectivity index (χ1v) is 6.51. The van der Waals surface area contributed by atoms with Crippen molar-refractivity contribution in [3.05, 3.63) is 24.3 Å². The Balaban J connectivity index is 2.70. The fraction of sp³-hybridized carbons (Fsp3) is 0.429. The van der Waals surface area contributed by atoms with Crippen LogP contribution in [0.4, 0.5) is 16.2 Å². The number of anilines is 2. The van der Waals surface area contributed by atoms with E-state index in [2.05, 4.69) is 10.6 Å². The Morgan fingerprint density at radius 2 is 2.00 bits per heavy atom. The first-order valence-electron chi connectivity index (χ1n) is 6.51. The molecule has 1 atom stereocenters. The Kier molecular flexibility index (Phi) is 6.48. The van der Waals surface area contributed by atoms with Crippen LogP contribution in [0, 0.1) is 0 Å². The minimum Gasteiger partial charge on any atom is -0.480 e. The molecule has 0 aliphatic heterocycles. The van der Waals surface area contributed by atoms with E-state index in [4.69, 9.17) is 9.84 Å². The second kappa shape index (κ2) is 8.11. The molecule has 3 N–H and O–H groups in total. The van der Waals surface area contributed by atoms with Crippen LogP contribution >= 0.6 is 0 Å². The van der Waals surface area contributed by atoms with Gasteiger partial charge >= 0.3 is 12.0 Å². The van der Waals surface area contributed by atoms with Crippen molar-refractivity contribution in [2.75, 3.05) is 38.0 Å². The third-order valence-corrected chi connectivity index (χ3v) is 2.85. The average molecular weight is 295 g/mol. The van der Waals surface area contributed by atoms with Crippen LogP contribution in [0.1, 0.15) is 6.42 Å². The first kappa shape index (κ1) is 16.8. The molecule has 7 nitrogen and oxygen atoms in total. The van der Waals surface area contributed by atoms with E-state index in [-0.39, 0.29) is 13.0 Å². The fourth-order valence-electron chi connectivity index (χ4n) is 1.78. The van der Waals surface area contributed by atoms with E-state index in [0.29, 0.717) is 5.69 Å². The van der Waals surface area contributed by atoms with E-state index in [0.717, 1.165) is 5.69 Å². The summed E-state index contributed by atoms with van der Waals surface area (Å²) in [5, 5.41) is 14.1. The predicted molar refractivity (Wildman–Crippen MR) is 80.8 cm³/mol. The van der Waals surface area contributed by atoms with Crippen LogP contribution in [-0.4, -0.2) is 51.0 Å². The van der Waals surface area contributed by atoms with Gasteiger partial charge in [0.25, 0.3) is 0 Å². The second-order valence-corrected chi connectivity index (χ2v) is 4.68. The summed E-state index contributed by atoms with van der Waals surface area (Å²) in [4.78, 5) is 24.8. The second-order valence-electron chi connectivity index (χ2n) is 4.68. The first-order chi connectivity index (χ1) is 9.95. The van der Waals surface area contributed by atoms with Crippen molar-refractivity contribution in [1.29, 1.82) is 0 Å². The molecule has 0 saturated heterocycles. The van der Waals surface area contributed by atoms with Gasteiger partial charge in [-0.2, -0.15) is 0 Å². The SMILES string of the molecule is COCCC(NC(=O)Nc1ccccc1N(C)C)C(=O)O. The zero-order valence-electron chi connectivity index (χ0n) is 12.4. The number of methoxy groups -OCH3 is 1. The van der Waals surface area contributed by atoms with Gasteiger partial charge in [0.15, 0.2) is 0 Å². The van der Waals surface area contributed by atoms with Gasteiger partial charge in [0.2, 0.25) is 0 Å². The van der Waals surface area contributed by atoms with Crippen LogP contribution in [0.3, 0.4) is 0 Å². The summed E-state index contributed by atoms with van der Waals surface area (Å²) in [6, 6.07) is 5.71. The van der Waals surface area contributed by atoms with Crippen LogP contribution in [0.25, 0.3) is 0 Å².